The number of carbonyl (C=O) groups excluding carboxylic acids is 1. The summed E-state index contributed by atoms with van der Waals surface area (Å²) in [7, 11) is 1.59. The number of ether oxygens (including phenoxy) is 1. The molecule has 4 heterocycles. The van der Waals surface area contributed by atoms with Crippen LogP contribution >= 0.6 is 11.3 Å². The fraction of sp³-hybridized carbons (Fsp3) is 0.526. The Hall–Kier alpha value is -2.96. The van der Waals surface area contributed by atoms with Gasteiger partial charge in [-0.1, -0.05) is 0 Å². The van der Waals surface area contributed by atoms with Crippen LogP contribution in [0.15, 0.2) is 17.8 Å². The summed E-state index contributed by atoms with van der Waals surface area (Å²) in [5, 5.41) is 10.2. The molecule has 1 spiro atoms. The molecule has 174 valence electrons. The fourth-order valence-electron chi connectivity index (χ4n) is 3.78. The van der Waals surface area contributed by atoms with Gasteiger partial charge in [0.1, 0.15) is 12.1 Å². The molecule has 0 aliphatic carbocycles. The highest BCUT2D eigenvalue weighted by atomic mass is 32.1. The molecule has 2 aliphatic rings. The summed E-state index contributed by atoms with van der Waals surface area (Å²) >= 11 is 1.63. The molecule has 0 aromatic carbocycles. The first-order chi connectivity index (χ1) is 15.0. The number of aryl methyl sites for hydroxylation is 1. The lowest BCUT2D eigenvalue weighted by atomic mass is 9.85. The molecule has 13 heteroatoms. The maximum Gasteiger partial charge on any atom is 0.490 e. The molecule has 32 heavy (non-hydrogen) atoms. The number of carboxylic acids is 1. The first kappa shape index (κ1) is 23.7. The van der Waals surface area contributed by atoms with Crippen molar-refractivity contribution in [2.45, 2.75) is 32.5 Å². The highest BCUT2D eigenvalue weighted by molar-refractivity contribution is 7.09. The average Bonchev–Trinajstić information content (AvgIpc) is 3.44. The van der Waals surface area contributed by atoms with E-state index in [4.69, 9.17) is 14.6 Å². The third-order valence-corrected chi connectivity index (χ3v) is 6.20. The lowest BCUT2D eigenvalue weighted by Crippen LogP contribution is -2.36. The van der Waals surface area contributed by atoms with E-state index in [-0.39, 0.29) is 11.3 Å². The van der Waals surface area contributed by atoms with E-state index in [1.54, 1.807) is 18.4 Å². The minimum absolute atomic E-state index is 0.252. The van der Waals surface area contributed by atoms with Crippen molar-refractivity contribution >= 4 is 29.0 Å². The Morgan fingerprint density at radius 3 is 2.59 bits per heavy atom. The molecule has 2 fully saturated rings. The minimum atomic E-state index is -5.08. The summed E-state index contributed by atoms with van der Waals surface area (Å²) < 4.78 is 36.9. The van der Waals surface area contributed by atoms with Crippen LogP contribution in [0.25, 0.3) is 0 Å². The molecule has 1 unspecified atom stereocenters. The third kappa shape index (κ3) is 5.26. The normalized spacial score (nSPS) is 20.5. The van der Waals surface area contributed by atoms with Crippen LogP contribution < -0.4 is 9.64 Å². The lowest BCUT2D eigenvalue weighted by Gasteiger charge is -2.23. The monoisotopic (exact) mass is 473 g/mol. The second-order valence-corrected chi connectivity index (χ2v) is 8.57. The zero-order valence-corrected chi connectivity index (χ0v) is 18.2. The van der Waals surface area contributed by atoms with Crippen LogP contribution in [0.1, 0.15) is 23.5 Å². The van der Waals surface area contributed by atoms with Crippen LogP contribution in [-0.2, 0) is 16.1 Å². The van der Waals surface area contributed by atoms with E-state index in [1.807, 2.05) is 23.3 Å². The summed E-state index contributed by atoms with van der Waals surface area (Å²) in [5.74, 6) is -1.14. The number of anilines is 1. The van der Waals surface area contributed by atoms with Crippen molar-refractivity contribution in [2.75, 3.05) is 31.6 Å². The quantitative estimate of drug-likeness (QED) is 0.722. The van der Waals surface area contributed by atoms with Gasteiger partial charge in [-0.25, -0.2) is 19.7 Å². The Bertz CT molecular complexity index is 986. The molecule has 4 rings (SSSR count). The molecule has 0 saturated carbocycles. The highest BCUT2D eigenvalue weighted by Gasteiger charge is 2.51. The van der Waals surface area contributed by atoms with Gasteiger partial charge >= 0.3 is 12.1 Å². The van der Waals surface area contributed by atoms with E-state index < -0.39 is 12.1 Å². The smallest absolute Gasteiger partial charge is 0.481 e. The van der Waals surface area contributed by atoms with Crippen LogP contribution in [-0.4, -0.2) is 69.8 Å². The van der Waals surface area contributed by atoms with Crippen molar-refractivity contribution < 1.29 is 32.6 Å². The number of carboxylic acid groups (broad SMARTS) is 1. The predicted molar refractivity (Wildman–Crippen MR) is 108 cm³/mol. The number of aromatic nitrogens is 3. The van der Waals surface area contributed by atoms with Gasteiger partial charge in [0.2, 0.25) is 11.8 Å². The number of methoxy groups -OCH3 is 1. The second-order valence-electron chi connectivity index (χ2n) is 7.51. The van der Waals surface area contributed by atoms with E-state index >= 15 is 0 Å². The molecule has 2 saturated heterocycles. The lowest BCUT2D eigenvalue weighted by molar-refractivity contribution is -0.192. The molecule has 2 aromatic rings. The molecular formula is C19H22F3N5O4S. The summed E-state index contributed by atoms with van der Waals surface area (Å²) in [6, 6.07) is 1.83. The Morgan fingerprint density at radius 2 is 2.00 bits per heavy atom. The summed E-state index contributed by atoms with van der Waals surface area (Å²) in [5.41, 5.74) is 0.701. The average molecular weight is 473 g/mol. The van der Waals surface area contributed by atoms with Crippen LogP contribution in [0.4, 0.5) is 19.0 Å². The number of hydrogen-bond acceptors (Lipinski definition) is 8. The van der Waals surface area contributed by atoms with Crippen LogP contribution in [0, 0.1) is 12.3 Å². The number of alkyl halides is 3. The Morgan fingerprint density at radius 1 is 1.31 bits per heavy atom. The van der Waals surface area contributed by atoms with E-state index in [2.05, 4.69) is 19.9 Å². The first-order valence-electron chi connectivity index (χ1n) is 9.65. The largest absolute Gasteiger partial charge is 0.490 e. The number of hydrogen-bond donors (Lipinski definition) is 1. The Kier molecular flexibility index (Phi) is 6.86. The van der Waals surface area contributed by atoms with Crippen molar-refractivity contribution in [1.82, 2.24) is 19.9 Å². The van der Waals surface area contributed by atoms with Crippen molar-refractivity contribution in [3.05, 3.63) is 28.5 Å². The Balaban J connectivity index is 0.000000360. The van der Waals surface area contributed by atoms with Gasteiger partial charge in [0.15, 0.2) is 0 Å². The van der Waals surface area contributed by atoms with E-state index in [0.29, 0.717) is 19.0 Å². The van der Waals surface area contributed by atoms with Crippen molar-refractivity contribution in [3.63, 3.8) is 0 Å². The van der Waals surface area contributed by atoms with Crippen molar-refractivity contribution in [1.29, 1.82) is 0 Å². The summed E-state index contributed by atoms with van der Waals surface area (Å²) in [4.78, 5) is 39.0. The van der Waals surface area contributed by atoms with Crippen LogP contribution in [0.3, 0.4) is 0 Å². The molecule has 2 aliphatic heterocycles. The van der Waals surface area contributed by atoms with Gasteiger partial charge in [-0.05, 0) is 19.8 Å². The van der Waals surface area contributed by atoms with Gasteiger partial charge in [0, 0.05) is 31.1 Å². The maximum atomic E-state index is 13.1. The molecule has 1 atom stereocenters. The topological polar surface area (TPSA) is 109 Å². The standard InChI is InChI=1S/C17H21N5O2S.C2HF3O2/c1-12-20-13(9-25-12)8-21-5-3-17(16(21)23)4-6-22(10-17)14-7-15(24-2)19-11-18-14;3-2(4,5)1(6)7/h7,9,11H,3-6,8,10H2,1-2H3;(H,6,7). The van der Waals surface area contributed by atoms with Gasteiger partial charge in [-0.2, -0.15) is 13.2 Å². The van der Waals surface area contributed by atoms with Gasteiger partial charge in [-0.15, -0.1) is 11.3 Å². The summed E-state index contributed by atoms with van der Waals surface area (Å²) in [6.07, 6.45) is -1.81. The van der Waals surface area contributed by atoms with Gasteiger partial charge in [0.05, 0.1) is 29.8 Å². The number of thiazole rings is 1. The first-order valence-corrected chi connectivity index (χ1v) is 10.5. The third-order valence-electron chi connectivity index (χ3n) is 5.38. The van der Waals surface area contributed by atoms with Crippen molar-refractivity contribution in [3.8, 4) is 5.88 Å². The molecule has 1 N–H and O–H groups in total. The number of rotatable bonds is 4. The zero-order chi connectivity index (χ0) is 23.5. The number of nitrogens with zero attached hydrogens (tertiary/aromatic N) is 5. The molecule has 1 amide bonds. The van der Waals surface area contributed by atoms with Gasteiger partial charge < -0.3 is 19.6 Å². The zero-order valence-electron chi connectivity index (χ0n) is 17.4. The number of amides is 1. The van der Waals surface area contributed by atoms with E-state index in [9.17, 15) is 18.0 Å². The fourth-order valence-corrected chi connectivity index (χ4v) is 4.38. The number of carbonyl (C=O) groups is 2. The van der Waals surface area contributed by atoms with E-state index in [1.165, 1.54) is 6.33 Å². The molecular weight excluding hydrogens is 451 g/mol. The highest BCUT2D eigenvalue weighted by Crippen LogP contribution is 2.42. The Labute approximate surface area is 185 Å². The number of aliphatic carboxylic acids is 1. The van der Waals surface area contributed by atoms with Crippen molar-refractivity contribution in [2.24, 2.45) is 5.41 Å². The van der Waals surface area contributed by atoms with E-state index in [0.717, 1.165) is 42.5 Å². The molecule has 0 radical (unpaired) electrons. The van der Waals surface area contributed by atoms with Gasteiger partial charge in [0.25, 0.3) is 0 Å². The predicted octanol–water partition coefficient (Wildman–Crippen LogP) is 2.51. The minimum Gasteiger partial charge on any atom is -0.481 e. The van der Waals surface area contributed by atoms with Crippen LogP contribution in [0.5, 0.6) is 5.88 Å². The van der Waals surface area contributed by atoms with Crippen LogP contribution in [0.2, 0.25) is 0 Å². The molecule has 0 bridgehead atoms. The molecule has 9 nitrogen and oxygen atoms in total. The second kappa shape index (κ2) is 9.27. The maximum absolute atomic E-state index is 13.1. The SMILES string of the molecule is COc1cc(N2CCC3(CCN(Cc4csc(C)n4)C3=O)C2)ncn1.O=C(O)C(F)(F)F. The number of halogens is 3. The van der Waals surface area contributed by atoms with Gasteiger partial charge in [-0.3, -0.25) is 4.79 Å². The number of likely N-dealkylation sites (tertiary alicyclic amines) is 1. The summed E-state index contributed by atoms with van der Waals surface area (Å²) in [6.45, 7) is 4.95. The molecule has 2 aromatic heterocycles.